The Balaban J connectivity index is 2.28. The highest BCUT2D eigenvalue weighted by Gasteiger charge is 2.38. The summed E-state index contributed by atoms with van der Waals surface area (Å²) in [5.74, 6) is 1.60. The van der Waals surface area contributed by atoms with E-state index in [1.165, 1.54) is 0 Å². The van der Waals surface area contributed by atoms with Gasteiger partial charge in [0.2, 0.25) is 5.91 Å². The van der Waals surface area contributed by atoms with Crippen molar-refractivity contribution in [2.24, 2.45) is 5.92 Å². The molecule has 0 aliphatic carbocycles. The van der Waals surface area contributed by atoms with Crippen LogP contribution in [0.15, 0.2) is 22.7 Å². The average molecular weight is 340 g/mol. The van der Waals surface area contributed by atoms with E-state index >= 15 is 0 Å². The van der Waals surface area contributed by atoms with E-state index in [4.69, 9.17) is 4.74 Å². The van der Waals surface area contributed by atoms with Gasteiger partial charge in [0, 0.05) is 16.4 Å². The van der Waals surface area contributed by atoms with Crippen LogP contribution < -0.4 is 10.1 Å². The molecule has 1 unspecified atom stereocenters. The molecule has 1 aliphatic heterocycles. The molecule has 0 bridgehead atoms. The van der Waals surface area contributed by atoms with Crippen LogP contribution in [0.4, 0.5) is 0 Å². The highest BCUT2D eigenvalue weighted by Crippen LogP contribution is 2.34. The van der Waals surface area contributed by atoms with E-state index in [-0.39, 0.29) is 11.4 Å². The summed E-state index contributed by atoms with van der Waals surface area (Å²) in [6.07, 6.45) is 3.34. The minimum absolute atomic E-state index is 0.126. The molecule has 1 amide bonds. The van der Waals surface area contributed by atoms with Crippen LogP contribution >= 0.6 is 15.9 Å². The van der Waals surface area contributed by atoms with Crippen LogP contribution in [0, 0.1) is 5.92 Å². The van der Waals surface area contributed by atoms with Crippen molar-refractivity contribution in [3.05, 3.63) is 28.2 Å². The van der Waals surface area contributed by atoms with Crippen molar-refractivity contribution < 1.29 is 9.53 Å². The number of amides is 1. The third-order valence-corrected chi connectivity index (χ3v) is 4.30. The summed E-state index contributed by atoms with van der Waals surface area (Å²) >= 11 is 3.51. The molecule has 1 saturated heterocycles. The van der Waals surface area contributed by atoms with Gasteiger partial charge in [-0.2, -0.15) is 0 Å². The van der Waals surface area contributed by atoms with E-state index in [2.05, 4.69) is 41.2 Å². The van der Waals surface area contributed by atoms with Crippen LogP contribution in [-0.2, 0) is 11.2 Å². The van der Waals surface area contributed by atoms with Crippen LogP contribution in [0.3, 0.4) is 0 Å². The van der Waals surface area contributed by atoms with Crippen molar-refractivity contribution in [2.45, 2.75) is 45.1 Å². The van der Waals surface area contributed by atoms with Crippen molar-refractivity contribution in [3.8, 4) is 5.75 Å². The summed E-state index contributed by atoms with van der Waals surface area (Å²) in [6.45, 7) is 4.40. The molecular weight excluding hydrogens is 318 g/mol. The van der Waals surface area contributed by atoms with Crippen molar-refractivity contribution in [2.75, 3.05) is 7.11 Å². The second-order valence-corrected chi connectivity index (χ2v) is 6.98. The normalized spacial score (nSPS) is 22.1. The largest absolute Gasteiger partial charge is 0.496 e. The maximum absolute atomic E-state index is 11.7. The minimum Gasteiger partial charge on any atom is -0.496 e. The Morgan fingerprint density at radius 3 is 2.75 bits per heavy atom. The van der Waals surface area contributed by atoms with Crippen molar-refractivity contribution in [3.63, 3.8) is 0 Å². The summed E-state index contributed by atoms with van der Waals surface area (Å²) in [4.78, 5) is 11.7. The standard InChI is InChI=1S/C16H22BrNO2/c1-11(2)9-16(7-6-15(19)18-16)10-12-8-13(17)4-5-14(12)20-3/h4-5,8,11H,6-7,9-10H2,1-3H3,(H,18,19). The van der Waals surface area contributed by atoms with E-state index in [9.17, 15) is 4.79 Å². The van der Waals surface area contributed by atoms with Crippen molar-refractivity contribution in [1.82, 2.24) is 5.32 Å². The lowest BCUT2D eigenvalue weighted by atomic mass is 9.82. The molecule has 20 heavy (non-hydrogen) atoms. The molecule has 0 saturated carbocycles. The molecule has 1 aromatic carbocycles. The van der Waals surface area contributed by atoms with Gasteiger partial charge in [0.15, 0.2) is 0 Å². The first-order valence-corrected chi connectivity index (χ1v) is 7.87. The smallest absolute Gasteiger partial charge is 0.220 e. The first-order chi connectivity index (χ1) is 9.44. The lowest BCUT2D eigenvalue weighted by Gasteiger charge is -2.31. The molecular formula is C16H22BrNO2. The minimum atomic E-state index is -0.126. The van der Waals surface area contributed by atoms with Crippen LogP contribution in [0.25, 0.3) is 0 Å². The topological polar surface area (TPSA) is 38.3 Å². The van der Waals surface area contributed by atoms with Crippen LogP contribution in [0.1, 0.15) is 38.7 Å². The molecule has 2 rings (SSSR count). The van der Waals surface area contributed by atoms with Gasteiger partial charge in [-0.1, -0.05) is 29.8 Å². The van der Waals surface area contributed by atoms with Crippen molar-refractivity contribution >= 4 is 21.8 Å². The number of benzene rings is 1. The number of carbonyl (C=O) groups is 1. The average Bonchev–Trinajstić information content (AvgIpc) is 2.69. The van der Waals surface area contributed by atoms with Gasteiger partial charge >= 0.3 is 0 Å². The lowest BCUT2D eigenvalue weighted by Crippen LogP contribution is -2.44. The first-order valence-electron chi connectivity index (χ1n) is 7.07. The van der Waals surface area contributed by atoms with Crippen LogP contribution in [0.5, 0.6) is 5.75 Å². The van der Waals surface area contributed by atoms with Gasteiger partial charge in [0.05, 0.1) is 7.11 Å². The molecule has 1 atom stereocenters. The van der Waals surface area contributed by atoms with Gasteiger partial charge in [-0.3, -0.25) is 4.79 Å². The molecule has 0 radical (unpaired) electrons. The molecule has 3 nitrogen and oxygen atoms in total. The third-order valence-electron chi connectivity index (χ3n) is 3.81. The van der Waals surface area contributed by atoms with Crippen molar-refractivity contribution in [1.29, 1.82) is 0 Å². The van der Waals surface area contributed by atoms with E-state index in [0.717, 1.165) is 35.0 Å². The fourth-order valence-corrected chi connectivity index (χ4v) is 3.57. The number of hydrogen-bond acceptors (Lipinski definition) is 2. The first kappa shape index (κ1) is 15.4. The number of hydrogen-bond donors (Lipinski definition) is 1. The van der Waals surface area contributed by atoms with Gasteiger partial charge < -0.3 is 10.1 Å². The Labute approximate surface area is 129 Å². The zero-order valence-electron chi connectivity index (χ0n) is 12.3. The Morgan fingerprint density at radius 2 is 2.20 bits per heavy atom. The van der Waals surface area contributed by atoms with E-state index in [0.29, 0.717) is 12.3 Å². The molecule has 1 N–H and O–H groups in total. The molecule has 110 valence electrons. The number of rotatable bonds is 5. The number of carbonyl (C=O) groups excluding carboxylic acids is 1. The molecule has 1 heterocycles. The SMILES string of the molecule is COc1ccc(Br)cc1CC1(CC(C)C)CCC(=O)N1. The monoisotopic (exact) mass is 339 g/mol. The van der Waals surface area contributed by atoms with Gasteiger partial charge in [-0.25, -0.2) is 0 Å². The molecule has 0 aromatic heterocycles. The predicted octanol–water partition coefficient (Wildman–Crippen LogP) is 3.70. The Bertz CT molecular complexity index is 501. The van der Waals surface area contributed by atoms with Crippen LogP contribution in [0.2, 0.25) is 0 Å². The summed E-state index contributed by atoms with van der Waals surface area (Å²) in [6, 6.07) is 6.04. The fraction of sp³-hybridized carbons (Fsp3) is 0.562. The van der Waals surface area contributed by atoms with Gasteiger partial charge in [-0.15, -0.1) is 0 Å². The van der Waals surface area contributed by atoms with E-state index < -0.39 is 0 Å². The fourth-order valence-electron chi connectivity index (χ4n) is 3.16. The van der Waals surface area contributed by atoms with Gasteiger partial charge in [0.1, 0.15) is 5.75 Å². The van der Waals surface area contributed by atoms with Crippen LogP contribution in [-0.4, -0.2) is 18.6 Å². The number of halogens is 1. The molecule has 1 aromatic rings. The Morgan fingerprint density at radius 1 is 1.45 bits per heavy atom. The lowest BCUT2D eigenvalue weighted by molar-refractivity contribution is -0.119. The maximum atomic E-state index is 11.7. The summed E-state index contributed by atoms with van der Waals surface area (Å²) in [5.41, 5.74) is 1.02. The van der Waals surface area contributed by atoms with Gasteiger partial charge in [0.25, 0.3) is 0 Å². The summed E-state index contributed by atoms with van der Waals surface area (Å²) < 4.78 is 6.49. The third kappa shape index (κ3) is 3.54. The number of ether oxygens (including phenoxy) is 1. The van der Waals surface area contributed by atoms with E-state index in [1.807, 2.05) is 12.1 Å². The highest BCUT2D eigenvalue weighted by molar-refractivity contribution is 9.10. The quantitative estimate of drug-likeness (QED) is 0.888. The predicted molar refractivity (Wildman–Crippen MR) is 84.0 cm³/mol. The van der Waals surface area contributed by atoms with Gasteiger partial charge in [-0.05, 0) is 48.9 Å². The number of nitrogens with one attached hydrogen (secondary N) is 1. The number of methoxy groups -OCH3 is 1. The zero-order valence-corrected chi connectivity index (χ0v) is 13.9. The summed E-state index contributed by atoms with van der Waals surface area (Å²) in [5, 5.41) is 3.21. The second-order valence-electron chi connectivity index (χ2n) is 6.06. The second kappa shape index (κ2) is 6.17. The zero-order chi connectivity index (χ0) is 14.8. The molecule has 1 aliphatic rings. The molecule has 4 heteroatoms. The Kier molecular flexibility index (Phi) is 4.74. The highest BCUT2D eigenvalue weighted by atomic mass is 79.9. The summed E-state index contributed by atoms with van der Waals surface area (Å²) in [7, 11) is 1.69. The Hall–Kier alpha value is -1.03. The van der Waals surface area contributed by atoms with E-state index in [1.54, 1.807) is 7.11 Å². The maximum Gasteiger partial charge on any atom is 0.220 e. The molecule has 1 fully saturated rings. The molecule has 0 spiro atoms.